The van der Waals surface area contributed by atoms with Crippen molar-refractivity contribution in [3.05, 3.63) is 34.9 Å². The van der Waals surface area contributed by atoms with Crippen molar-refractivity contribution in [2.75, 3.05) is 6.26 Å². The zero-order valence-electron chi connectivity index (χ0n) is 11.6. The third-order valence-electron chi connectivity index (χ3n) is 3.12. The molecule has 0 aliphatic heterocycles. The van der Waals surface area contributed by atoms with Crippen molar-refractivity contribution in [3.63, 3.8) is 0 Å². The number of carbonyl (C=O) groups is 2. The van der Waals surface area contributed by atoms with Crippen LogP contribution in [0, 0.1) is 13.8 Å². The van der Waals surface area contributed by atoms with Crippen LogP contribution < -0.4 is 5.32 Å². The number of hydrogen-bond acceptors (Lipinski definition) is 3. The second kappa shape index (κ2) is 6.61. The SMILES string of the molecule is CSC(C)C(=O)NC(C(=O)O)c1ccc(C)c(C)c1. The van der Waals surface area contributed by atoms with E-state index in [9.17, 15) is 14.7 Å². The maximum atomic E-state index is 11.8. The number of carboxylic acid groups (broad SMARTS) is 1. The molecule has 1 aromatic carbocycles. The average Bonchev–Trinajstić information content (AvgIpc) is 2.37. The number of benzene rings is 1. The topological polar surface area (TPSA) is 66.4 Å². The Morgan fingerprint density at radius 3 is 2.37 bits per heavy atom. The summed E-state index contributed by atoms with van der Waals surface area (Å²) in [6, 6.07) is 4.41. The fourth-order valence-electron chi connectivity index (χ4n) is 1.60. The molecule has 1 aromatic rings. The molecule has 2 N–H and O–H groups in total. The number of amides is 1. The van der Waals surface area contributed by atoms with Gasteiger partial charge in [-0.2, -0.15) is 11.8 Å². The molecule has 4 nitrogen and oxygen atoms in total. The van der Waals surface area contributed by atoms with Crippen LogP contribution in [-0.4, -0.2) is 28.5 Å². The van der Waals surface area contributed by atoms with Crippen LogP contribution in [0.15, 0.2) is 18.2 Å². The van der Waals surface area contributed by atoms with Gasteiger partial charge in [-0.1, -0.05) is 18.2 Å². The standard InChI is InChI=1S/C14H19NO3S/c1-8-5-6-11(7-9(8)2)12(14(17)18)15-13(16)10(3)19-4/h5-7,10,12H,1-4H3,(H,15,16)(H,17,18). The van der Waals surface area contributed by atoms with E-state index >= 15 is 0 Å². The van der Waals surface area contributed by atoms with Crippen molar-refractivity contribution in [2.24, 2.45) is 0 Å². The Morgan fingerprint density at radius 2 is 1.89 bits per heavy atom. The van der Waals surface area contributed by atoms with Crippen LogP contribution in [0.25, 0.3) is 0 Å². The first-order valence-electron chi connectivity index (χ1n) is 6.00. The van der Waals surface area contributed by atoms with Crippen molar-refractivity contribution in [3.8, 4) is 0 Å². The Morgan fingerprint density at radius 1 is 1.26 bits per heavy atom. The van der Waals surface area contributed by atoms with Gasteiger partial charge >= 0.3 is 5.97 Å². The third kappa shape index (κ3) is 3.99. The Hall–Kier alpha value is -1.49. The molecule has 0 spiro atoms. The molecule has 19 heavy (non-hydrogen) atoms. The van der Waals surface area contributed by atoms with Crippen LogP contribution in [0.3, 0.4) is 0 Å². The Balaban J connectivity index is 2.98. The van der Waals surface area contributed by atoms with Gasteiger partial charge < -0.3 is 10.4 Å². The first kappa shape index (κ1) is 15.6. The molecule has 0 bridgehead atoms. The lowest BCUT2D eigenvalue weighted by Gasteiger charge is -2.18. The van der Waals surface area contributed by atoms with E-state index in [-0.39, 0.29) is 11.2 Å². The molecule has 2 atom stereocenters. The molecule has 0 saturated carbocycles. The Labute approximate surface area is 117 Å². The average molecular weight is 281 g/mol. The third-order valence-corrected chi connectivity index (χ3v) is 4.04. The maximum Gasteiger partial charge on any atom is 0.330 e. The number of aliphatic carboxylic acids is 1. The van der Waals surface area contributed by atoms with E-state index in [1.807, 2.05) is 26.2 Å². The highest BCUT2D eigenvalue weighted by molar-refractivity contribution is 7.99. The zero-order chi connectivity index (χ0) is 14.6. The number of carboxylic acids is 1. The maximum absolute atomic E-state index is 11.8. The second-order valence-electron chi connectivity index (χ2n) is 4.50. The molecule has 0 aliphatic carbocycles. The van der Waals surface area contributed by atoms with Crippen LogP contribution >= 0.6 is 11.8 Å². The lowest BCUT2D eigenvalue weighted by atomic mass is 10.0. The fraction of sp³-hybridized carbons (Fsp3) is 0.429. The molecule has 0 aliphatic rings. The summed E-state index contributed by atoms with van der Waals surface area (Å²) in [5.41, 5.74) is 2.70. The highest BCUT2D eigenvalue weighted by atomic mass is 32.2. The van der Waals surface area contributed by atoms with Gasteiger partial charge in [0.2, 0.25) is 5.91 Å². The van der Waals surface area contributed by atoms with Gasteiger partial charge in [0, 0.05) is 0 Å². The molecular weight excluding hydrogens is 262 g/mol. The quantitative estimate of drug-likeness (QED) is 0.869. The summed E-state index contributed by atoms with van der Waals surface area (Å²) >= 11 is 1.38. The van der Waals surface area contributed by atoms with Crippen LogP contribution in [-0.2, 0) is 9.59 Å². The number of aryl methyl sites for hydroxylation is 2. The molecule has 0 heterocycles. The minimum Gasteiger partial charge on any atom is -0.479 e. The molecule has 5 heteroatoms. The molecule has 0 fully saturated rings. The smallest absolute Gasteiger partial charge is 0.330 e. The van der Waals surface area contributed by atoms with E-state index < -0.39 is 12.0 Å². The first-order chi connectivity index (χ1) is 8.86. The van der Waals surface area contributed by atoms with Crippen molar-refractivity contribution in [2.45, 2.75) is 32.1 Å². The second-order valence-corrected chi connectivity index (χ2v) is 5.68. The van der Waals surface area contributed by atoms with Crippen LogP contribution in [0.1, 0.15) is 29.7 Å². The number of hydrogen-bond donors (Lipinski definition) is 2. The van der Waals surface area contributed by atoms with Gasteiger partial charge in [0.05, 0.1) is 5.25 Å². The summed E-state index contributed by atoms with van der Waals surface area (Å²) in [5, 5.41) is 11.6. The molecule has 1 amide bonds. The van der Waals surface area contributed by atoms with Crippen LogP contribution in [0.2, 0.25) is 0 Å². The minimum absolute atomic E-state index is 0.266. The Kier molecular flexibility index (Phi) is 5.42. The Bertz CT molecular complexity index is 488. The number of nitrogens with one attached hydrogen (secondary N) is 1. The van der Waals surface area contributed by atoms with E-state index in [1.54, 1.807) is 19.1 Å². The molecule has 0 aromatic heterocycles. The molecule has 1 rings (SSSR count). The summed E-state index contributed by atoms with van der Waals surface area (Å²) in [5.74, 6) is -1.32. The molecule has 0 saturated heterocycles. The van der Waals surface area contributed by atoms with Gasteiger partial charge in [0.25, 0.3) is 0 Å². The van der Waals surface area contributed by atoms with Gasteiger partial charge in [-0.15, -0.1) is 0 Å². The molecule has 2 unspecified atom stereocenters. The molecular formula is C14H19NO3S. The predicted molar refractivity (Wildman–Crippen MR) is 77.4 cm³/mol. The fourth-order valence-corrected chi connectivity index (χ4v) is 1.88. The lowest BCUT2D eigenvalue weighted by Crippen LogP contribution is -2.38. The van der Waals surface area contributed by atoms with E-state index in [0.717, 1.165) is 11.1 Å². The van der Waals surface area contributed by atoms with Gasteiger partial charge in [-0.25, -0.2) is 4.79 Å². The highest BCUT2D eigenvalue weighted by Gasteiger charge is 2.24. The van der Waals surface area contributed by atoms with E-state index in [0.29, 0.717) is 5.56 Å². The van der Waals surface area contributed by atoms with Gasteiger partial charge in [0.1, 0.15) is 0 Å². The van der Waals surface area contributed by atoms with Crippen molar-refractivity contribution >= 4 is 23.6 Å². The monoisotopic (exact) mass is 281 g/mol. The van der Waals surface area contributed by atoms with E-state index in [2.05, 4.69) is 5.32 Å². The van der Waals surface area contributed by atoms with Gasteiger partial charge in [-0.3, -0.25) is 4.79 Å². The van der Waals surface area contributed by atoms with Crippen molar-refractivity contribution < 1.29 is 14.7 Å². The summed E-state index contributed by atoms with van der Waals surface area (Å²) in [4.78, 5) is 23.1. The number of rotatable bonds is 5. The predicted octanol–water partition coefficient (Wildman–Crippen LogP) is 2.30. The summed E-state index contributed by atoms with van der Waals surface area (Å²) in [6.07, 6.45) is 1.82. The summed E-state index contributed by atoms with van der Waals surface area (Å²) in [7, 11) is 0. The number of carbonyl (C=O) groups excluding carboxylic acids is 1. The zero-order valence-corrected chi connectivity index (χ0v) is 12.4. The van der Waals surface area contributed by atoms with E-state index in [4.69, 9.17) is 0 Å². The normalized spacial score (nSPS) is 13.7. The van der Waals surface area contributed by atoms with Gasteiger partial charge in [0.15, 0.2) is 6.04 Å². The largest absolute Gasteiger partial charge is 0.479 e. The first-order valence-corrected chi connectivity index (χ1v) is 7.28. The number of thioether (sulfide) groups is 1. The van der Waals surface area contributed by atoms with Gasteiger partial charge in [-0.05, 0) is 43.7 Å². The molecule has 104 valence electrons. The van der Waals surface area contributed by atoms with Crippen molar-refractivity contribution in [1.82, 2.24) is 5.32 Å². The summed E-state index contributed by atoms with van der Waals surface area (Å²) in [6.45, 7) is 5.63. The van der Waals surface area contributed by atoms with Crippen molar-refractivity contribution in [1.29, 1.82) is 0 Å². The van der Waals surface area contributed by atoms with Crippen LogP contribution in [0.4, 0.5) is 0 Å². The van der Waals surface area contributed by atoms with E-state index in [1.165, 1.54) is 11.8 Å². The summed E-state index contributed by atoms with van der Waals surface area (Å²) < 4.78 is 0. The van der Waals surface area contributed by atoms with Crippen LogP contribution in [0.5, 0.6) is 0 Å². The molecule has 0 radical (unpaired) electrons. The highest BCUT2D eigenvalue weighted by Crippen LogP contribution is 2.18. The minimum atomic E-state index is -1.05. The lowest BCUT2D eigenvalue weighted by molar-refractivity contribution is -0.141.